The fraction of sp³-hybridized carbons (Fsp3) is 0.302. The highest BCUT2D eigenvalue weighted by molar-refractivity contribution is 6.08. The van der Waals surface area contributed by atoms with Crippen molar-refractivity contribution in [1.82, 2.24) is 0 Å². The van der Waals surface area contributed by atoms with E-state index >= 15 is 0 Å². The van der Waals surface area contributed by atoms with Gasteiger partial charge in [0.05, 0.1) is 5.41 Å². The molecule has 2 heteroatoms. The molecule has 0 saturated carbocycles. The monoisotopic (exact) mass is 721 g/mol. The third-order valence-electron chi connectivity index (χ3n) is 12.4. The van der Waals surface area contributed by atoms with Crippen LogP contribution in [0.25, 0.3) is 21.5 Å². The van der Waals surface area contributed by atoms with Crippen LogP contribution < -0.4 is 4.90 Å². The molecule has 0 aromatic heterocycles. The SMILES string of the molecule is CC(C)CCN1C(=CC=CC2=[N+](CCC(C)C)c3ccc4ccccc4c3C2(C)Cc2ccccc2)C(C)(Cc2ccccc2)c2c1ccc1ccccc21. The van der Waals surface area contributed by atoms with Gasteiger partial charge in [0.2, 0.25) is 5.69 Å². The number of hydrogen-bond donors (Lipinski definition) is 0. The zero-order valence-electron chi connectivity index (χ0n) is 33.7. The Kier molecular flexibility index (Phi) is 10.1. The second kappa shape index (κ2) is 15.1. The fourth-order valence-electron chi connectivity index (χ4n) is 9.64. The highest BCUT2D eigenvalue weighted by Crippen LogP contribution is 2.53. The highest BCUT2D eigenvalue weighted by atomic mass is 15.2. The minimum absolute atomic E-state index is 0.219. The van der Waals surface area contributed by atoms with Gasteiger partial charge in [-0.3, -0.25) is 0 Å². The van der Waals surface area contributed by atoms with Gasteiger partial charge in [0.15, 0.2) is 5.71 Å². The number of allylic oxidation sites excluding steroid dienone is 4. The van der Waals surface area contributed by atoms with Crippen molar-refractivity contribution in [3.8, 4) is 0 Å². The van der Waals surface area contributed by atoms with Crippen molar-refractivity contribution < 1.29 is 4.58 Å². The van der Waals surface area contributed by atoms with Gasteiger partial charge in [-0.1, -0.05) is 149 Å². The van der Waals surface area contributed by atoms with Gasteiger partial charge in [-0.2, -0.15) is 4.58 Å². The highest BCUT2D eigenvalue weighted by Gasteiger charge is 2.49. The molecule has 6 aromatic carbocycles. The maximum Gasteiger partial charge on any atom is 0.210 e. The Morgan fingerprint density at radius 1 is 0.582 bits per heavy atom. The maximum absolute atomic E-state index is 2.66. The average molecular weight is 722 g/mol. The molecule has 0 fully saturated rings. The van der Waals surface area contributed by atoms with Crippen molar-refractivity contribution in [1.29, 1.82) is 0 Å². The maximum atomic E-state index is 2.66. The van der Waals surface area contributed by atoms with Crippen LogP contribution in [0.1, 0.15) is 76.6 Å². The minimum atomic E-state index is -0.219. The van der Waals surface area contributed by atoms with E-state index < -0.39 is 0 Å². The van der Waals surface area contributed by atoms with E-state index in [4.69, 9.17) is 0 Å². The molecule has 2 unspecified atom stereocenters. The van der Waals surface area contributed by atoms with Crippen LogP contribution in [0, 0.1) is 11.8 Å². The first-order chi connectivity index (χ1) is 26.7. The van der Waals surface area contributed by atoms with Crippen molar-refractivity contribution in [3.63, 3.8) is 0 Å². The number of hydrogen-bond acceptors (Lipinski definition) is 1. The molecule has 2 aliphatic heterocycles. The predicted molar refractivity (Wildman–Crippen MR) is 236 cm³/mol. The average Bonchev–Trinajstić information content (AvgIpc) is 3.57. The molecular formula is C53H57N2+. The van der Waals surface area contributed by atoms with E-state index in [1.165, 1.54) is 66.6 Å². The van der Waals surface area contributed by atoms with Gasteiger partial charge in [0.25, 0.3) is 0 Å². The standard InChI is InChI=1S/C53H57N2/c1-38(2)32-34-54-46-30-28-42-22-13-15-24-44(42)50(46)52(5,36-40-18-9-7-10-19-40)48(54)26-17-27-49-53(6,37-41-20-11-8-12-21-41)51-45-25-16-14-23-43(45)29-31-47(51)55(49)35-33-39(3)4/h7-31,38-39H,32-37H2,1-6H3/q+1. The summed E-state index contributed by atoms with van der Waals surface area (Å²) in [6, 6.07) is 49.7. The number of benzene rings is 6. The normalized spacial score (nSPS) is 20.2. The summed E-state index contributed by atoms with van der Waals surface area (Å²) >= 11 is 0. The summed E-state index contributed by atoms with van der Waals surface area (Å²) in [6.07, 6.45) is 11.5. The van der Waals surface area contributed by atoms with Gasteiger partial charge in [0, 0.05) is 47.5 Å². The van der Waals surface area contributed by atoms with E-state index in [0.29, 0.717) is 11.8 Å². The van der Waals surface area contributed by atoms with Crippen molar-refractivity contribution in [3.05, 3.63) is 180 Å². The van der Waals surface area contributed by atoms with E-state index in [2.05, 4.69) is 203 Å². The topological polar surface area (TPSA) is 6.25 Å². The van der Waals surface area contributed by atoms with Crippen molar-refractivity contribution in [2.45, 2.75) is 78.1 Å². The molecule has 55 heavy (non-hydrogen) atoms. The largest absolute Gasteiger partial charge is 0.344 e. The van der Waals surface area contributed by atoms with Crippen LogP contribution in [0.5, 0.6) is 0 Å². The van der Waals surface area contributed by atoms with E-state index in [9.17, 15) is 0 Å². The Morgan fingerprint density at radius 3 is 1.75 bits per heavy atom. The first-order valence-corrected chi connectivity index (χ1v) is 20.6. The first-order valence-electron chi connectivity index (χ1n) is 20.6. The second-order valence-electron chi connectivity index (χ2n) is 17.3. The van der Waals surface area contributed by atoms with Crippen molar-refractivity contribution >= 4 is 38.6 Å². The molecule has 8 rings (SSSR count). The lowest BCUT2D eigenvalue weighted by molar-refractivity contribution is -0.439. The number of rotatable bonds is 12. The van der Waals surface area contributed by atoms with E-state index in [1.807, 2.05) is 0 Å². The quantitative estimate of drug-likeness (QED) is 0.114. The van der Waals surface area contributed by atoms with Crippen LogP contribution in [0.2, 0.25) is 0 Å². The van der Waals surface area contributed by atoms with Gasteiger partial charge in [-0.25, -0.2) is 0 Å². The Morgan fingerprint density at radius 2 is 1.13 bits per heavy atom. The van der Waals surface area contributed by atoms with Crippen LogP contribution >= 0.6 is 0 Å². The third-order valence-corrected chi connectivity index (χ3v) is 12.4. The molecule has 0 saturated heterocycles. The molecule has 2 aliphatic rings. The molecule has 2 atom stereocenters. The van der Waals surface area contributed by atoms with Crippen molar-refractivity contribution in [2.24, 2.45) is 11.8 Å². The van der Waals surface area contributed by atoms with Gasteiger partial charge in [-0.05, 0) is 101 Å². The molecule has 2 heterocycles. The summed E-state index contributed by atoms with van der Waals surface area (Å²) in [5.41, 5.74) is 10.7. The minimum Gasteiger partial charge on any atom is -0.344 e. The molecular weight excluding hydrogens is 665 g/mol. The number of nitrogens with zero attached hydrogens (tertiary/aromatic N) is 2. The van der Waals surface area contributed by atoms with Crippen LogP contribution in [-0.4, -0.2) is 23.4 Å². The Hall–Kier alpha value is -5.21. The molecule has 2 nitrogen and oxygen atoms in total. The van der Waals surface area contributed by atoms with Crippen LogP contribution in [0.3, 0.4) is 0 Å². The zero-order valence-corrected chi connectivity index (χ0v) is 33.7. The number of fused-ring (bicyclic) bond motifs is 6. The Labute approximate surface area is 329 Å². The van der Waals surface area contributed by atoms with Gasteiger partial charge in [-0.15, -0.1) is 0 Å². The van der Waals surface area contributed by atoms with Crippen LogP contribution in [-0.2, 0) is 23.7 Å². The van der Waals surface area contributed by atoms with E-state index in [1.54, 1.807) is 0 Å². The van der Waals surface area contributed by atoms with E-state index in [0.717, 1.165) is 38.8 Å². The molecule has 0 spiro atoms. The number of anilines is 1. The Balaban J connectivity index is 1.32. The molecule has 6 aromatic rings. The summed E-state index contributed by atoms with van der Waals surface area (Å²) in [5, 5.41) is 5.35. The summed E-state index contributed by atoms with van der Waals surface area (Å²) in [4.78, 5) is 2.66. The van der Waals surface area contributed by atoms with Gasteiger partial charge < -0.3 is 4.90 Å². The lowest BCUT2D eigenvalue weighted by Crippen LogP contribution is -2.34. The van der Waals surface area contributed by atoms with Gasteiger partial charge in [0.1, 0.15) is 6.54 Å². The fourth-order valence-corrected chi connectivity index (χ4v) is 9.64. The molecule has 0 radical (unpaired) electrons. The zero-order chi connectivity index (χ0) is 38.2. The molecule has 278 valence electrons. The summed E-state index contributed by atoms with van der Waals surface area (Å²) in [5.74, 6) is 1.22. The molecule has 0 amide bonds. The molecule has 0 aliphatic carbocycles. The molecule has 0 bridgehead atoms. The Bertz CT molecular complexity index is 2410. The lowest BCUT2D eigenvalue weighted by atomic mass is 9.73. The predicted octanol–water partition coefficient (Wildman–Crippen LogP) is 13.1. The van der Waals surface area contributed by atoms with Crippen molar-refractivity contribution in [2.75, 3.05) is 18.0 Å². The summed E-state index contributed by atoms with van der Waals surface area (Å²) < 4.78 is 2.66. The summed E-state index contributed by atoms with van der Waals surface area (Å²) in [6.45, 7) is 16.4. The van der Waals surface area contributed by atoms with E-state index in [-0.39, 0.29) is 10.8 Å². The molecule has 0 N–H and O–H groups in total. The van der Waals surface area contributed by atoms with Gasteiger partial charge >= 0.3 is 0 Å². The smallest absolute Gasteiger partial charge is 0.210 e. The second-order valence-corrected chi connectivity index (χ2v) is 17.3. The first kappa shape index (κ1) is 36.8. The van der Waals surface area contributed by atoms with Crippen LogP contribution in [0.4, 0.5) is 11.4 Å². The lowest BCUT2D eigenvalue weighted by Gasteiger charge is -2.31. The summed E-state index contributed by atoms with van der Waals surface area (Å²) in [7, 11) is 0. The van der Waals surface area contributed by atoms with Crippen LogP contribution in [0.15, 0.2) is 157 Å². The third kappa shape index (κ3) is 6.86.